The molecule has 146 valence electrons. The van der Waals surface area contributed by atoms with E-state index < -0.39 is 21.7 Å². The van der Waals surface area contributed by atoms with Gasteiger partial charge in [-0.25, -0.2) is 0 Å². The number of carbonyl (C=O) groups excluding carboxylic acids is 2. The zero-order valence-corrected chi connectivity index (χ0v) is 14.6. The van der Waals surface area contributed by atoms with E-state index in [4.69, 9.17) is 0 Å². The Morgan fingerprint density at radius 1 is 0.893 bits per heavy atom. The highest BCUT2D eigenvalue weighted by Gasteiger charge is 2.13. The van der Waals surface area contributed by atoms with E-state index >= 15 is 0 Å². The number of nitro benzene ring substituents is 2. The third-order valence-electron chi connectivity index (χ3n) is 3.59. The summed E-state index contributed by atoms with van der Waals surface area (Å²) in [6, 6.07) is 11.3. The lowest BCUT2D eigenvalue weighted by molar-refractivity contribution is -0.384. The Morgan fingerprint density at radius 3 is 2.36 bits per heavy atom. The molecule has 0 aliphatic heterocycles. The van der Waals surface area contributed by atoms with Gasteiger partial charge in [0.2, 0.25) is 5.91 Å². The Labute approximate surface area is 159 Å². The molecule has 0 radical (unpaired) electrons. The second-order valence-electron chi connectivity index (χ2n) is 5.54. The fraction of sp³-hybridized carbons (Fsp3) is 0.176. The van der Waals surface area contributed by atoms with Gasteiger partial charge >= 0.3 is 0 Å². The Kier molecular flexibility index (Phi) is 6.97. The zero-order chi connectivity index (χ0) is 20.5. The van der Waals surface area contributed by atoms with Gasteiger partial charge in [-0.15, -0.1) is 0 Å². The van der Waals surface area contributed by atoms with Crippen LogP contribution in [-0.2, 0) is 4.79 Å². The summed E-state index contributed by atoms with van der Waals surface area (Å²) < 4.78 is 0. The van der Waals surface area contributed by atoms with E-state index in [0.717, 1.165) is 6.07 Å². The molecule has 2 aromatic rings. The topological polar surface area (TPSA) is 157 Å². The van der Waals surface area contributed by atoms with Crippen molar-refractivity contribution in [2.45, 2.75) is 0 Å². The molecular formula is C17H17N5O6. The molecule has 2 amide bonds. The van der Waals surface area contributed by atoms with Gasteiger partial charge in [-0.3, -0.25) is 29.8 Å². The maximum Gasteiger partial charge on any atom is 0.292 e. The molecule has 3 N–H and O–H groups in total. The van der Waals surface area contributed by atoms with Gasteiger partial charge in [0.15, 0.2) is 0 Å². The number of hydrogen-bond donors (Lipinski definition) is 3. The molecule has 0 aliphatic carbocycles. The highest BCUT2D eigenvalue weighted by atomic mass is 16.6. The van der Waals surface area contributed by atoms with Crippen LogP contribution in [-0.4, -0.2) is 41.3 Å². The van der Waals surface area contributed by atoms with Crippen LogP contribution < -0.4 is 16.0 Å². The Balaban J connectivity index is 1.75. The molecule has 0 spiro atoms. The summed E-state index contributed by atoms with van der Waals surface area (Å²) in [5, 5.41) is 29.4. The molecule has 0 unspecified atom stereocenters. The summed E-state index contributed by atoms with van der Waals surface area (Å²) >= 11 is 0. The van der Waals surface area contributed by atoms with Gasteiger partial charge in [-0.05, 0) is 12.1 Å². The lowest BCUT2D eigenvalue weighted by Gasteiger charge is -2.09. The van der Waals surface area contributed by atoms with Crippen molar-refractivity contribution in [3.05, 3.63) is 74.3 Å². The number of amides is 2. The summed E-state index contributed by atoms with van der Waals surface area (Å²) in [6.45, 7) is 0.111. The minimum absolute atomic E-state index is 0.0695. The fourth-order valence-electron chi connectivity index (χ4n) is 2.27. The molecular weight excluding hydrogens is 370 g/mol. The third-order valence-corrected chi connectivity index (χ3v) is 3.59. The summed E-state index contributed by atoms with van der Waals surface area (Å²) in [5.74, 6) is -1.08. The summed E-state index contributed by atoms with van der Waals surface area (Å²) in [6.07, 6.45) is 0. The number of nitrogens with one attached hydrogen (secondary N) is 3. The van der Waals surface area contributed by atoms with Crippen LogP contribution in [0.3, 0.4) is 0 Å². The maximum atomic E-state index is 12.0. The van der Waals surface area contributed by atoms with Crippen molar-refractivity contribution in [2.24, 2.45) is 0 Å². The number of benzene rings is 2. The summed E-state index contributed by atoms with van der Waals surface area (Å²) in [4.78, 5) is 44.2. The van der Waals surface area contributed by atoms with Gasteiger partial charge in [-0.2, -0.15) is 0 Å². The first-order chi connectivity index (χ1) is 13.4. The molecule has 2 rings (SSSR count). The standard InChI is InChI=1S/C17H17N5O6/c23-16(11-20-17(24)12-4-3-5-13(10-12)21(25)26)19-9-8-18-14-6-1-2-7-15(14)22(27)28/h1-7,10,18H,8-9,11H2,(H,19,23)(H,20,24). The first-order valence-corrected chi connectivity index (χ1v) is 8.15. The molecule has 0 saturated heterocycles. The molecule has 0 heterocycles. The normalized spacial score (nSPS) is 10.0. The lowest BCUT2D eigenvalue weighted by atomic mass is 10.2. The van der Waals surface area contributed by atoms with Crippen LogP contribution in [0.1, 0.15) is 10.4 Å². The van der Waals surface area contributed by atoms with E-state index in [0.29, 0.717) is 5.69 Å². The zero-order valence-electron chi connectivity index (χ0n) is 14.6. The van der Waals surface area contributed by atoms with Crippen molar-refractivity contribution < 1.29 is 19.4 Å². The highest BCUT2D eigenvalue weighted by molar-refractivity contribution is 5.96. The average Bonchev–Trinajstić information content (AvgIpc) is 2.69. The second kappa shape index (κ2) is 9.62. The Bertz CT molecular complexity index is 901. The van der Waals surface area contributed by atoms with E-state index in [1.807, 2.05) is 0 Å². The lowest BCUT2D eigenvalue weighted by Crippen LogP contribution is -2.38. The van der Waals surface area contributed by atoms with Crippen LogP contribution in [0, 0.1) is 20.2 Å². The Morgan fingerprint density at radius 2 is 1.64 bits per heavy atom. The van der Waals surface area contributed by atoms with Crippen molar-refractivity contribution in [3.8, 4) is 0 Å². The smallest absolute Gasteiger partial charge is 0.292 e. The molecule has 0 bridgehead atoms. The van der Waals surface area contributed by atoms with Gasteiger partial charge in [0, 0.05) is 36.9 Å². The van der Waals surface area contributed by atoms with Crippen LogP contribution in [0.4, 0.5) is 17.1 Å². The molecule has 0 atom stereocenters. The van der Waals surface area contributed by atoms with E-state index in [2.05, 4.69) is 16.0 Å². The molecule has 0 aliphatic rings. The Hall–Kier alpha value is -4.02. The predicted octanol–water partition coefficient (Wildman–Crippen LogP) is 1.46. The number of nitrogens with zero attached hydrogens (tertiary/aromatic N) is 2. The van der Waals surface area contributed by atoms with Crippen LogP contribution in [0.2, 0.25) is 0 Å². The van der Waals surface area contributed by atoms with Crippen molar-refractivity contribution in [1.29, 1.82) is 0 Å². The number of para-hydroxylation sites is 2. The van der Waals surface area contributed by atoms with Crippen molar-refractivity contribution in [1.82, 2.24) is 10.6 Å². The quantitative estimate of drug-likeness (QED) is 0.334. The van der Waals surface area contributed by atoms with Gasteiger partial charge < -0.3 is 16.0 Å². The molecule has 11 heteroatoms. The van der Waals surface area contributed by atoms with Crippen LogP contribution in [0.15, 0.2) is 48.5 Å². The number of anilines is 1. The summed E-state index contributed by atoms with van der Waals surface area (Å²) in [7, 11) is 0. The number of nitro groups is 2. The van der Waals surface area contributed by atoms with Crippen LogP contribution >= 0.6 is 0 Å². The number of carbonyl (C=O) groups is 2. The molecule has 2 aromatic carbocycles. The number of hydrogen-bond acceptors (Lipinski definition) is 7. The van der Waals surface area contributed by atoms with E-state index in [1.54, 1.807) is 18.2 Å². The van der Waals surface area contributed by atoms with Gasteiger partial charge in [0.25, 0.3) is 17.3 Å². The first kappa shape index (κ1) is 20.3. The van der Waals surface area contributed by atoms with Crippen molar-refractivity contribution in [3.63, 3.8) is 0 Å². The van der Waals surface area contributed by atoms with E-state index in [9.17, 15) is 29.8 Å². The highest BCUT2D eigenvalue weighted by Crippen LogP contribution is 2.22. The second-order valence-corrected chi connectivity index (χ2v) is 5.54. The van der Waals surface area contributed by atoms with Gasteiger partial charge in [0.05, 0.1) is 16.4 Å². The van der Waals surface area contributed by atoms with E-state index in [-0.39, 0.29) is 36.6 Å². The monoisotopic (exact) mass is 387 g/mol. The van der Waals surface area contributed by atoms with Crippen molar-refractivity contribution in [2.75, 3.05) is 25.0 Å². The summed E-state index contributed by atoms with van der Waals surface area (Å²) in [5.41, 5.74) is 0.108. The average molecular weight is 387 g/mol. The third kappa shape index (κ3) is 5.76. The molecule has 0 saturated carbocycles. The minimum atomic E-state index is -0.617. The molecule has 0 aromatic heterocycles. The van der Waals surface area contributed by atoms with Gasteiger partial charge in [-0.1, -0.05) is 18.2 Å². The van der Waals surface area contributed by atoms with E-state index in [1.165, 1.54) is 24.3 Å². The SMILES string of the molecule is O=C(CNC(=O)c1cccc([N+](=O)[O-])c1)NCCNc1ccccc1[N+](=O)[O-]. The predicted molar refractivity (Wildman–Crippen MR) is 100 cm³/mol. The molecule has 0 fully saturated rings. The molecule has 28 heavy (non-hydrogen) atoms. The number of rotatable bonds is 9. The van der Waals surface area contributed by atoms with Crippen LogP contribution in [0.5, 0.6) is 0 Å². The van der Waals surface area contributed by atoms with Crippen LogP contribution in [0.25, 0.3) is 0 Å². The maximum absolute atomic E-state index is 12.0. The van der Waals surface area contributed by atoms with Crippen molar-refractivity contribution >= 4 is 28.9 Å². The van der Waals surface area contributed by atoms with Gasteiger partial charge in [0.1, 0.15) is 5.69 Å². The fourth-order valence-corrected chi connectivity index (χ4v) is 2.27. The number of non-ortho nitro benzene ring substituents is 1. The first-order valence-electron chi connectivity index (χ1n) is 8.15. The minimum Gasteiger partial charge on any atom is -0.378 e. The molecule has 11 nitrogen and oxygen atoms in total. The largest absolute Gasteiger partial charge is 0.378 e.